The van der Waals surface area contributed by atoms with Gasteiger partial charge in [0.15, 0.2) is 0 Å². The van der Waals surface area contributed by atoms with Gasteiger partial charge in [0, 0.05) is 29.3 Å². The molecule has 0 spiro atoms. The summed E-state index contributed by atoms with van der Waals surface area (Å²) >= 11 is 0. The van der Waals surface area contributed by atoms with E-state index in [-0.39, 0.29) is 0 Å². The zero-order chi connectivity index (χ0) is 16.4. The molecule has 4 rings (SSSR count). The number of nitrogens with one attached hydrogen (secondary N) is 2. The van der Waals surface area contributed by atoms with Crippen LogP contribution in [-0.2, 0) is 12.8 Å². The largest absolute Gasteiger partial charge is 0.356 e. The number of anilines is 2. The number of pyridine rings is 1. The zero-order valence-electron chi connectivity index (χ0n) is 14.0. The minimum absolute atomic E-state index is 0.797. The Hall–Kier alpha value is -2.55. The first kappa shape index (κ1) is 15.0. The number of benzene rings is 1. The van der Waals surface area contributed by atoms with Gasteiger partial charge in [-0.1, -0.05) is 31.5 Å². The van der Waals surface area contributed by atoms with Crippen LogP contribution in [-0.4, -0.2) is 9.97 Å². The van der Waals surface area contributed by atoms with E-state index in [9.17, 15) is 0 Å². The van der Waals surface area contributed by atoms with Crippen molar-refractivity contribution in [1.82, 2.24) is 9.97 Å². The van der Waals surface area contributed by atoms with Crippen molar-refractivity contribution in [2.45, 2.75) is 32.6 Å². The molecule has 0 fully saturated rings. The van der Waals surface area contributed by atoms with Crippen LogP contribution in [0.5, 0.6) is 0 Å². The minimum atomic E-state index is 0.797. The Morgan fingerprint density at radius 2 is 1.92 bits per heavy atom. The molecule has 3 nitrogen and oxygen atoms in total. The number of H-pyrrole nitrogens is 1. The quantitative estimate of drug-likeness (QED) is 0.682. The van der Waals surface area contributed by atoms with Crippen molar-refractivity contribution in [2.75, 3.05) is 5.32 Å². The van der Waals surface area contributed by atoms with Crippen molar-refractivity contribution in [1.29, 1.82) is 0 Å². The second kappa shape index (κ2) is 6.52. The number of aromatic amines is 1. The summed E-state index contributed by atoms with van der Waals surface area (Å²) in [7, 11) is 0. The molecule has 2 aromatic heterocycles. The Kier molecular flexibility index (Phi) is 4.08. The van der Waals surface area contributed by atoms with Crippen LogP contribution >= 0.6 is 0 Å². The zero-order valence-corrected chi connectivity index (χ0v) is 14.0. The SMILES string of the molecule is CCC1CCc2c([nH]c(-c3ccncc3)c2Nc2ccccc2)C1. The lowest BCUT2D eigenvalue weighted by molar-refractivity contribution is 0.441. The molecule has 0 radical (unpaired) electrons. The van der Waals surface area contributed by atoms with Crippen LogP contribution in [0.2, 0.25) is 0 Å². The maximum Gasteiger partial charge on any atom is 0.0699 e. The molecular weight excluding hydrogens is 294 g/mol. The summed E-state index contributed by atoms with van der Waals surface area (Å²) in [5, 5.41) is 3.66. The summed E-state index contributed by atoms with van der Waals surface area (Å²) in [6, 6.07) is 14.6. The van der Waals surface area contributed by atoms with E-state index < -0.39 is 0 Å². The van der Waals surface area contributed by atoms with Crippen molar-refractivity contribution < 1.29 is 0 Å². The molecule has 1 unspecified atom stereocenters. The summed E-state index contributed by atoms with van der Waals surface area (Å²) in [5.74, 6) is 0.797. The first-order valence-corrected chi connectivity index (χ1v) is 8.81. The van der Waals surface area contributed by atoms with E-state index in [1.807, 2.05) is 18.5 Å². The molecule has 0 saturated heterocycles. The van der Waals surface area contributed by atoms with Crippen molar-refractivity contribution in [3.05, 3.63) is 66.1 Å². The van der Waals surface area contributed by atoms with Crippen molar-refractivity contribution in [3.8, 4) is 11.3 Å². The number of fused-ring (bicyclic) bond motifs is 1. The molecule has 0 bridgehead atoms. The van der Waals surface area contributed by atoms with Gasteiger partial charge >= 0.3 is 0 Å². The Labute approximate surface area is 143 Å². The standard InChI is InChI=1S/C21H23N3/c1-2-15-8-9-18-19(14-15)24-20(16-10-12-22-13-11-16)21(18)23-17-6-4-3-5-7-17/h3-7,10-13,15,23-24H,2,8-9,14H2,1H3. The van der Waals surface area contributed by atoms with Gasteiger partial charge in [0.05, 0.1) is 11.4 Å². The average Bonchev–Trinajstić information content (AvgIpc) is 3.01. The van der Waals surface area contributed by atoms with Gasteiger partial charge in [-0.2, -0.15) is 0 Å². The van der Waals surface area contributed by atoms with Crippen LogP contribution in [0.4, 0.5) is 11.4 Å². The summed E-state index contributed by atoms with van der Waals surface area (Å²) in [6.07, 6.45) is 8.54. The van der Waals surface area contributed by atoms with Crippen LogP contribution in [0.3, 0.4) is 0 Å². The number of hydrogen-bond acceptors (Lipinski definition) is 2. The molecule has 2 N–H and O–H groups in total. The number of rotatable bonds is 4. The number of nitrogens with zero attached hydrogens (tertiary/aromatic N) is 1. The normalized spacial score (nSPS) is 16.6. The summed E-state index contributed by atoms with van der Waals surface area (Å²) in [5.41, 5.74) is 7.59. The van der Waals surface area contributed by atoms with Crippen molar-refractivity contribution >= 4 is 11.4 Å². The number of aromatic nitrogens is 2. The van der Waals surface area contributed by atoms with Gasteiger partial charge < -0.3 is 10.3 Å². The van der Waals surface area contributed by atoms with E-state index in [0.717, 1.165) is 24.4 Å². The van der Waals surface area contributed by atoms with E-state index in [1.54, 1.807) is 0 Å². The molecule has 0 saturated carbocycles. The maximum atomic E-state index is 4.16. The first-order valence-electron chi connectivity index (χ1n) is 8.81. The molecule has 1 aliphatic rings. The predicted octanol–water partition coefficient (Wildman–Crippen LogP) is 5.34. The maximum absolute atomic E-state index is 4.16. The molecule has 0 amide bonds. The van der Waals surface area contributed by atoms with Gasteiger partial charge in [-0.3, -0.25) is 4.98 Å². The fraction of sp³-hybridized carbons (Fsp3) is 0.286. The highest BCUT2D eigenvalue weighted by molar-refractivity contribution is 5.82. The molecular formula is C21H23N3. The molecule has 1 aromatic carbocycles. The van der Waals surface area contributed by atoms with Gasteiger partial charge in [0.2, 0.25) is 0 Å². The van der Waals surface area contributed by atoms with Gasteiger partial charge in [-0.05, 0) is 55.0 Å². The highest BCUT2D eigenvalue weighted by Crippen LogP contribution is 2.40. The van der Waals surface area contributed by atoms with Crippen LogP contribution in [0.25, 0.3) is 11.3 Å². The van der Waals surface area contributed by atoms with Gasteiger partial charge in [0.1, 0.15) is 0 Å². The monoisotopic (exact) mass is 317 g/mol. The second-order valence-electron chi connectivity index (χ2n) is 6.58. The smallest absolute Gasteiger partial charge is 0.0699 e. The fourth-order valence-corrected chi connectivity index (χ4v) is 3.67. The highest BCUT2D eigenvalue weighted by Gasteiger charge is 2.25. The van der Waals surface area contributed by atoms with Crippen LogP contribution in [0, 0.1) is 5.92 Å². The first-order chi connectivity index (χ1) is 11.8. The Bertz CT molecular complexity index is 806. The number of hydrogen-bond donors (Lipinski definition) is 2. The average molecular weight is 317 g/mol. The van der Waals surface area contributed by atoms with Crippen molar-refractivity contribution in [2.24, 2.45) is 5.92 Å². The third kappa shape index (κ3) is 2.82. The van der Waals surface area contributed by atoms with E-state index >= 15 is 0 Å². The van der Waals surface area contributed by atoms with Crippen molar-refractivity contribution in [3.63, 3.8) is 0 Å². The summed E-state index contributed by atoms with van der Waals surface area (Å²) < 4.78 is 0. The lowest BCUT2D eigenvalue weighted by Crippen LogP contribution is -2.13. The molecule has 0 aliphatic heterocycles. The molecule has 1 atom stereocenters. The van der Waals surface area contributed by atoms with Gasteiger partial charge in [-0.15, -0.1) is 0 Å². The van der Waals surface area contributed by atoms with E-state index in [2.05, 4.69) is 58.6 Å². The van der Waals surface area contributed by atoms with Crippen LogP contribution in [0.15, 0.2) is 54.9 Å². The molecule has 3 heteroatoms. The molecule has 2 heterocycles. The summed E-state index contributed by atoms with van der Waals surface area (Å²) in [6.45, 7) is 2.30. The number of para-hydroxylation sites is 1. The summed E-state index contributed by atoms with van der Waals surface area (Å²) in [4.78, 5) is 7.87. The Morgan fingerprint density at radius 1 is 1.12 bits per heavy atom. The molecule has 24 heavy (non-hydrogen) atoms. The Balaban J connectivity index is 1.79. The predicted molar refractivity (Wildman–Crippen MR) is 99.6 cm³/mol. The van der Waals surface area contributed by atoms with E-state index in [4.69, 9.17) is 0 Å². The molecule has 122 valence electrons. The third-order valence-electron chi connectivity index (χ3n) is 5.08. The molecule has 3 aromatic rings. The van der Waals surface area contributed by atoms with Gasteiger partial charge in [0.25, 0.3) is 0 Å². The highest BCUT2D eigenvalue weighted by atomic mass is 14.9. The fourth-order valence-electron chi connectivity index (χ4n) is 3.67. The van der Waals surface area contributed by atoms with Gasteiger partial charge in [-0.25, -0.2) is 0 Å². The van der Waals surface area contributed by atoms with E-state index in [1.165, 1.54) is 41.0 Å². The van der Waals surface area contributed by atoms with Crippen LogP contribution < -0.4 is 5.32 Å². The van der Waals surface area contributed by atoms with Crippen LogP contribution in [0.1, 0.15) is 31.0 Å². The second-order valence-corrected chi connectivity index (χ2v) is 6.58. The minimum Gasteiger partial charge on any atom is -0.356 e. The lowest BCUT2D eigenvalue weighted by atomic mass is 9.86. The Morgan fingerprint density at radius 3 is 2.67 bits per heavy atom. The topological polar surface area (TPSA) is 40.7 Å². The third-order valence-corrected chi connectivity index (χ3v) is 5.08. The van der Waals surface area contributed by atoms with E-state index in [0.29, 0.717) is 0 Å². The molecule has 1 aliphatic carbocycles. The lowest BCUT2D eigenvalue weighted by Gasteiger charge is -2.21.